The van der Waals surface area contributed by atoms with E-state index in [0.29, 0.717) is 40.9 Å². The van der Waals surface area contributed by atoms with Crippen molar-refractivity contribution in [3.05, 3.63) is 107 Å². The van der Waals surface area contributed by atoms with Crippen LogP contribution in [0.3, 0.4) is 0 Å². The standard InChI is InChI=1S/C32H28ClN3O3/c1-20(23-11-10-21-6-2-3-7-24(21)18-23)34-32(39)25-14-17-27-29(19-25)35-28(8-4-5-9-30(37)38)31(36-27)22-12-15-26(33)16-13-22/h2-3,6-7,10-20H,4-5,8-9H2,1H3,(H,34,39)(H,37,38)/t20-/m0/s1. The highest BCUT2D eigenvalue weighted by molar-refractivity contribution is 6.30. The predicted molar refractivity (Wildman–Crippen MR) is 155 cm³/mol. The van der Waals surface area contributed by atoms with Crippen molar-refractivity contribution >= 4 is 45.3 Å². The van der Waals surface area contributed by atoms with Gasteiger partial charge in [-0.1, -0.05) is 60.1 Å². The highest BCUT2D eigenvalue weighted by Crippen LogP contribution is 2.27. The van der Waals surface area contributed by atoms with Crippen LogP contribution in [0.25, 0.3) is 33.1 Å². The Kier molecular flexibility index (Phi) is 7.84. The summed E-state index contributed by atoms with van der Waals surface area (Å²) in [6.07, 6.45) is 1.89. The first kappa shape index (κ1) is 26.3. The van der Waals surface area contributed by atoms with Crippen LogP contribution in [0, 0.1) is 0 Å². The van der Waals surface area contributed by atoms with Gasteiger partial charge in [0, 0.05) is 22.6 Å². The summed E-state index contributed by atoms with van der Waals surface area (Å²) in [7, 11) is 0. The largest absolute Gasteiger partial charge is 0.481 e. The third kappa shape index (κ3) is 6.24. The summed E-state index contributed by atoms with van der Waals surface area (Å²) < 4.78 is 0. The first-order valence-electron chi connectivity index (χ1n) is 13.0. The van der Waals surface area contributed by atoms with Crippen LogP contribution in [0.4, 0.5) is 0 Å². The van der Waals surface area contributed by atoms with Gasteiger partial charge >= 0.3 is 5.97 Å². The minimum absolute atomic E-state index is 0.108. The molecule has 4 aromatic carbocycles. The lowest BCUT2D eigenvalue weighted by molar-refractivity contribution is -0.137. The van der Waals surface area contributed by atoms with E-state index in [1.54, 1.807) is 24.3 Å². The number of halogens is 1. The van der Waals surface area contributed by atoms with E-state index in [0.717, 1.165) is 33.3 Å². The molecule has 0 unspecified atom stereocenters. The molecule has 5 rings (SSSR count). The van der Waals surface area contributed by atoms with Crippen molar-refractivity contribution in [2.45, 2.75) is 38.6 Å². The highest BCUT2D eigenvalue weighted by Gasteiger charge is 2.16. The van der Waals surface area contributed by atoms with Gasteiger partial charge in [0.1, 0.15) is 0 Å². The number of aromatic nitrogens is 2. The number of carbonyl (C=O) groups excluding carboxylic acids is 1. The molecule has 7 heteroatoms. The van der Waals surface area contributed by atoms with Gasteiger partial charge in [-0.15, -0.1) is 0 Å². The van der Waals surface area contributed by atoms with E-state index in [9.17, 15) is 9.59 Å². The molecule has 5 aromatic rings. The lowest BCUT2D eigenvalue weighted by Gasteiger charge is -2.16. The minimum Gasteiger partial charge on any atom is -0.481 e. The van der Waals surface area contributed by atoms with Crippen LogP contribution in [0.1, 0.15) is 53.8 Å². The normalized spacial score (nSPS) is 11.9. The first-order valence-corrected chi connectivity index (χ1v) is 13.3. The second-order valence-electron chi connectivity index (χ2n) is 9.63. The summed E-state index contributed by atoms with van der Waals surface area (Å²) in [5.41, 5.74) is 5.20. The van der Waals surface area contributed by atoms with E-state index in [1.807, 2.05) is 43.3 Å². The van der Waals surface area contributed by atoms with Crippen LogP contribution < -0.4 is 5.32 Å². The van der Waals surface area contributed by atoms with E-state index >= 15 is 0 Å². The summed E-state index contributed by atoms with van der Waals surface area (Å²) in [6, 6.07) is 26.9. The molecule has 6 nitrogen and oxygen atoms in total. The molecule has 2 N–H and O–H groups in total. The second-order valence-corrected chi connectivity index (χ2v) is 10.1. The van der Waals surface area contributed by atoms with E-state index in [1.165, 1.54) is 0 Å². The number of amides is 1. The van der Waals surface area contributed by atoms with Crippen LogP contribution in [0.2, 0.25) is 5.02 Å². The van der Waals surface area contributed by atoms with E-state index in [-0.39, 0.29) is 18.4 Å². The number of carboxylic acid groups (broad SMARTS) is 1. The fraction of sp³-hybridized carbons (Fsp3) is 0.188. The number of fused-ring (bicyclic) bond motifs is 2. The maximum atomic E-state index is 13.2. The van der Waals surface area contributed by atoms with Gasteiger partial charge in [0.2, 0.25) is 0 Å². The summed E-state index contributed by atoms with van der Waals surface area (Å²) in [5, 5.41) is 15.0. The van der Waals surface area contributed by atoms with Crippen molar-refractivity contribution in [1.82, 2.24) is 15.3 Å². The molecule has 196 valence electrons. The van der Waals surface area contributed by atoms with Crippen LogP contribution in [0.15, 0.2) is 84.9 Å². The summed E-state index contributed by atoms with van der Waals surface area (Å²) in [6.45, 7) is 1.97. The van der Waals surface area contributed by atoms with Crippen LogP contribution in [-0.2, 0) is 11.2 Å². The molecular weight excluding hydrogens is 510 g/mol. The average Bonchev–Trinajstić information content (AvgIpc) is 2.94. The Morgan fingerprint density at radius 1 is 0.872 bits per heavy atom. The number of nitrogens with one attached hydrogen (secondary N) is 1. The molecule has 0 fully saturated rings. The Morgan fingerprint density at radius 3 is 2.41 bits per heavy atom. The minimum atomic E-state index is -0.814. The van der Waals surface area contributed by atoms with Gasteiger partial charge in [0.05, 0.1) is 28.5 Å². The fourth-order valence-electron chi connectivity index (χ4n) is 4.65. The van der Waals surface area contributed by atoms with Crippen LogP contribution >= 0.6 is 11.6 Å². The van der Waals surface area contributed by atoms with E-state index in [4.69, 9.17) is 26.7 Å². The SMILES string of the molecule is C[C@H](NC(=O)c1ccc2nc(-c3ccc(Cl)cc3)c(CCCCC(=O)O)nc2c1)c1ccc2ccccc2c1. The molecule has 0 aliphatic carbocycles. The maximum Gasteiger partial charge on any atom is 0.303 e. The molecule has 1 aromatic heterocycles. The molecule has 1 heterocycles. The Morgan fingerprint density at radius 2 is 1.64 bits per heavy atom. The molecule has 0 aliphatic rings. The highest BCUT2D eigenvalue weighted by atomic mass is 35.5. The van der Waals surface area contributed by atoms with Gasteiger partial charge in [-0.05, 0) is 78.9 Å². The van der Waals surface area contributed by atoms with Gasteiger partial charge in [0.25, 0.3) is 5.91 Å². The van der Waals surface area contributed by atoms with Gasteiger partial charge < -0.3 is 10.4 Å². The zero-order chi connectivity index (χ0) is 27.4. The van der Waals surface area contributed by atoms with Crippen molar-refractivity contribution in [3.63, 3.8) is 0 Å². The molecule has 0 radical (unpaired) electrons. The number of nitrogens with zero attached hydrogens (tertiary/aromatic N) is 2. The van der Waals surface area contributed by atoms with Crippen molar-refractivity contribution in [1.29, 1.82) is 0 Å². The molecule has 39 heavy (non-hydrogen) atoms. The number of aliphatic carboxylic acids is 1. The molecule has 1 atom stereocenters. The molecule has 1 amide bonds. The molecule has 0 saturated heterocycles. The summed E-state index contributed by atoms with van der Waals surface area (Å²) in [5.74, 6) is -1.00. The molecule has 0 bridgehead atoms. The zero-order valence-electron chi connectivity index (χ0n) is 21.5. The monoisotopic (exact) mass is 537 g/mol. The second kappa shape index (κ2) is 11.6. The number of hydrogen-bond donors (Lipinski definition) is 2. The number of benzene rings is 4. The number of hydrogen-bond acceptors (Lipinski definition) is 4. The molecular formula is C32H28ClN3O3. The zero-order valence-corrected chi connectivity index (χ0v) is 22.3. The Bertz CT molecular complexity index is 1670. The van der Waals surface area contributed by atoms with Crippen molar-refractivity contribution in [2.75, 3.05) is 0 Å². The molecule has 0 aliphatic heterocycles. The third-order valence-electron chi connectivity index (χ3n) is 6.79. The quantitative estimate of drug-likeness (QED) is 0.191. The lowest BCUT2D eigenvalue weighted by Crippen LogP contribution is -2.26. The lowest BCUT2D eigenvalue weighted by atomic mass is 10.0. The van der Waals surface area contributed by atoms with Gasteiger partial charge in [-0.2, -0.15) is 0 Å². The molecule has 0 saturated carbocycles. The topological polar surface area (TPSA) is 92.2 Å². The van der Waals surface area contributed by atoms with Crippen LogP contribution in [0.5, 0.6) is 0 Å². The first-order chi connectivity index (χ1) is 18.9. The van der Waals surface area contributed by atoms with Gasteiger partial charge in [0.15, 0.2) is 0 Å². The Labute approximate surface area is 231 Å². The van der Waals surface area contributed by atoms with Gasteiger partial charge in [-0.25, -0.2) is 9.97 Å². The number of aryl methyl sites for hydroxylation is 1. The molecule has 0 spiro atoms. The maximum absolute atomic E-state index is 13.2. The smallest absolute Gasteiger partial charge is 0.303 e. The number of unbranched alkanes of at least 4 members (excludes halogenated alkanes) is 1. The van der Waals surface area contributed by atoms with E-state index < -0.39 is 5.97 Å². The van der Waals surface area contributed by atoms with Gasteiger partial charge in [-0.3, -0.25) is 9.59 Å². The van der Waals surface area contributed by atoms with Crippen molar-refractivity contribution in [3.8, 4) is 11.3 Å². The third-order valence-corrected chi connectivity index (χ3v) is 7.04. The number of carboxylic acids is 1. The van der Waals surface area contributed by atoms with Crippen molar-refractivity contribution < 1.29 is 14.7 Å². The average molecular weight is 538 g/mol. The van der Waals surface area contributed by atoms with Crippen LogP contribution in [-0.4, -0.2) is 27.0 Å². The predicted octanol–water partition coefficient (Wildman–Crippen LogP) is 7.39. The Hall–Kier alpha value is -4.29. The number of carbonyl (C=O) groups is 2. The Balaban J connectivity index is 1.41. The van der Waals surface area contributed by atoms with Crippen molar-refractivity contribution in [2.24, 2.45) is 0 Å². The summed E-state index contributed by atoms with van der Waals surface area (Å²) >= 11 is 6.08. The van der Waals surface area contributed by atoms with E-state index in [2.05, 4.69) is 29.6 Å². The fourth-order valence-corrected chi connectivity index (χ4v) is 4.78. The number of rotatable bonds is 9. The summed E-state index contributed by atoms with van der Waals surface area (Å²) in [4.78, 5) is 33.9.